The summed E-state index contributed by atoms with van der Waals surface area (Å²) in [5.41, 5.74) is 0. The third kappa shape index (κ3) is 10.8. The standard InChI is InChI=1S/C18H39N5O2S.HI/c1-5-19-18(20-12-9-14-22(4)26(24,25)6-2)21-13-10-16-23-15-8-7-11-17(23)3;/h17H,5-16H2,1-4H3,(H2,19,20,21);1H. The van der Waals surface area contributed by atoms with Crippen molar-refractivity contribution in [3.05, 3.63) is 0 Å². The third-order valence-corrected chi connectivity index (χ3v) is 6.80. The number of hydrogen-bond donors (Lipinski definition) is 2. The molecule has 0 aromatic heterocycles. The smallest absolute Gasteiger partial charge is 0.213 e. The first kappa shape index (κ1) is 26.9. The fourth-order valence-corrected chi connectivity index (χ4v) is 4.01. The quantitative estimate of drug-likeness (QED) is 0.190. The molecule has 1 rings (SSSR count). The van der Waals surface area contributed by atoms with Crippen molar-refractivity contribution in [2.75, 3.05) is 52.1 Å². The molecule has 0 aromatic rings. The predicted molar refractivity (Wildman–Crippen MR) is 126 cm³/mol. The molecule has 0 aromatic carbocycles. The van der Waals surface area contributed by atoms with Gasteiger partial charge in [-0.05, 0) is 53.0 Å². The van der Waals surface area contributed by atoms with Crippen LogP contribution in [0.5, 0.6) is 0 Å². The number of likely N-dealkylation sites (tertiary alicyclic amines) is 1. The van der Waals surface area contributed by atoms with E-state index in [-0.39, 0.29) is 29.7 Å². The lowest BCUT2D eigenvalue weighted by molar-refractivity contribution is 0.159. The number of aliphatic imine (C=N–C) groups is 1. The summed E-state index contributed by atoms with van der Waals surface area (Å²) in [5, 5.41) is 6.64. The van der Waals surface area contributed by atoms with Crippen LogP contribution in [0.1, 0.15) is 52.9 Å². The first-order chi connectivity index (χ1) is 12.4. The van der Waals surface area contributed by atoms with Crippen LogP contribution in [0.25, 0.3) is 0 Å². The molecule has 1 aliphatic rings. The number of piperidine rings is 1. The summed E-state index contributed by atoms with van der Waals surface area (Å²) in [5.74, 6) is 0.965. The van der Waals surface area contributed by atoms with Crippen LogP contribution in [0.15, 0.2) is 4.99 Å². The fraction of sp³-hybridized carbons (Fsp3) is 0.944. The molecule has 2 N–H and O–H groups in total. The maximum Gasteiger partial charge on any atom is 0.213 e. The highest BCUT2D eigenvalue weighted by molar-refractivity contribution is 14.0. The van der Waals surface area contributed by atoms with Crippen LogP contribution < -0.4 is 10.6 Å². The lowest BCUT2D eigenvalue weighted by Gasteiger charge is -2.33. The van der Waals surface area contributed by atoms with E-state index in [1.54, 1.807) is 14.0 Å². The van der Waals surface area contributed by atoms with Gasteiger partial charge in [0.1, 0.15) is 0 Å². The number of nitrogens with one attached hydrogen (secondary N) is 2. The maximum atomic E-state index is 11.7. The fourth-order valence-electron chi connectivity index (χ4n) is 3.16. The van der Waals surface area contributed by atoms with Crippen molar-refractivity contribution in [2.45, 2.75) is 58.9 Å². The third-order valence-electron chi connectivity index (χ3n) is 4.94. The van der Waals surface area contributed by atoms with Gasteiger partial charge in [-0.25, -0.2) is 12.7 Å². The minimum absolute atomic E-state index is 0. The van der Waals surface area contributed by atoms with E-state index in [9.17, 15) is 8.42 Å². The average Bonchev–Trinajstić information content (AvgIpc) is 2.63. The molecule has 1 saturated heterocycles. The molecule has 1 unspecified atom stereocenters. The SMILES string of the molecule is CCNC(=NCCCN(C)S(=O)(=O)CC)NCCCN1CCCCC1C.I. The van der Waals surface area contributed by atoms with Crippen molar-refractivity contribution in [1.29, 1.82) is 0 Å². The summed E-state index contributed by atoms with van der Waals surface area (Å²) >= 11 is 0. The molecule has 1 heterocycles. The Morgan fingerprint density at radius 3 is 2.59 bits per heavy atom. The van der Waals surface area contributed by atoms with Gasteiger partial charge in [0, 0.05) is 45.8 Å². The molecule has 0 amide bonds. The monoisotopic (exact) mass is 517 g/mol. The molecule has 1 aliphatic heterocycles. The zero-order valence-electron chi connectivity index (χ0n) is 17.5. The molecule has 162 valence electrons. The van der Waals surface area contributed by atoms with Gasteiger partial charge in [-0.2, -0.15) is 0 Å². The van der Waals surface area contributed by atoms with Crippen molar-refractivity contribution in [3.8, 4) is 0 Å². The van der Waals surface area contributed by atoms with E-state index in [4.69, 9.17) is 0 Å². The lowest BCUT2D eigenvalue weighted by Crippen LogP contribution is -2.41. The maximum absolute atomic E-state index is 11.7. The predicted octanol–water partition coefficient (Wildman–Crippen LogP) is 2.10. The van der Waals surface area contributed by atoms with E-state index in [2.05, 4.69) is 27.4 Å². The molecule has 9 heteroatoms. The molecule has 0 radical (unpaired) electrons. The van der Waals surface area contributed by atoms with Crippen molar-refractivity contribution in [3.63, 3.8) is 0 Å². The van der Waals surface area contributed by atoms with E-state index in [1.807, 2.05) is 6.92 Å². The Kier molecular flexibility index (Phi) is 14.7. The Morgan fingerprint density at radius 1 is 1.22 bits per heavy atom. The first-order valence-electron chi connectivity index (χ1n) is 10.1. The highest BCUT2D eigenvalue weighted by Crippen LogP contribution is 2.15. The van der Waals surface area contributed by atoms with Gasteiger partial charge in [0.15, 0.2) is 5.96 Å². The minimum atomic E-state index is -3.09. The lowest BCUT2D eigenvalue weighted by atomic mass is 10.0. The van der Waals surface area contributed by atoms with Crippen LogP contribution in [-0.2, 0) is 10.0 Å². The number of sulfonamides is 1. The summed E-state index contributed by atoms with van der Waals surface area (Å²) in [7, 11) is -1.46. The molecular formula is C18H40IN5O2S. The highest BCUT2D eigenvalue weighted by atomic mass is 127. The van der Waals surface area contributed by atoms with E-state index in [0.29, 0.717) is 19.1 Å². The number of nitrogens with zero attached hydrogens (tertiary/aromatic N) is 3. The molecule has 1 fully saturated rings. The molecule has 0 spiro atoms. The molecule has 27 heavy (non-hydrogen) atoms. The Hall–Kier alpha value is -0.130. The Bertz CT molecular complexity index is 516. The summed E-state index contributed by atoms with van der Waals surface area (Å²) in [6.07, 6.45) is 5.83. The van der Waals surface area contributed by atoms with Crippen LogP contribution in [0, 0.1) is 0 Å². The number of rotatable bonds is 11. The van der Waals surface area contributed by atoms with E-state index in [0.717, 1.165) is 38.4 Å². The van der Waals surface area contributed by atoms with E-state index < -0.39 is 10.0 Å². The Morgan fingerprint density at radius 2 is 1.96 bits per heavy atom. The Labute approximate surface area is 183 Å². The zero-order chi connectivity index (χ0) is 19.4. The van der Waals surface area contributed by atoms with Crippen molar-refractivity contribution >= 4 is 40.0 Å². The largest absolute Gasteiger partial charge is 0.357 e. The van der Waals surface area contributed by atoms with Crippen LogP contribution in [0.2, 0.25) is 0 Å². The van der Waals surface area contributed by atoms with Crippen molar-refractivity contribution < 1.29 is 8.42 Å². The molecule has 0 bridgehead atoms. The van der Waals surface area contributed by atoms with Gasteiger partial charge in [0.2, 0.25) is 10.0 Å². The normalized spacial score (nSPS) is 19.0. The topological polar surface area (TPSA) is 77.0 Å². The summed E-state index contributed by atoms with van der Waals surface area (Å²) in [6.45, 7) is 11.2. The molecule has 1 atom stereocenters. The first-order valence-corrected chi connectivity index (χ1v) is 11.7. The van der Waals surface area contributed by atoms with Crippen molar-refractivity contribution in [2.24, 2.45) is 4.99 Å². The highest BCUT2D eigenvalue weighted by Gasteiger charge is 2.17. The number of halogens is 1. The molecule has 0 saturated carbocycles. The van der Waals surface area contributed by atoms with Crippen LogP contribution in [0.3, 0.4) is 0 Å². The minimum Gasteiger partial charge on any atom is -0.357 e. The van der Waals surface area contributed by atoms with E-state index in [1.165, 1.54) is 30.1 Å². The molecule has 7 nitrogen and oxygen atoms in total. The van der Waals surface area contributed by atoms with E-state index >= 15 is 0 Å². The number of guanidine groups is 1. The second-order valence-electron chi connectivity index (χ2n) is 7.00. The Balaban J connectivity index is 0.00000676. The van der Waals surface area contributed by atoms with Crippen molar-refractivity contribution in [1.82, 2.24) is 19.8 Å². The summed E-state index contributed by atoms with van der Waals surface area (Å²) in [4.78, 5) is 7.13. The van der Waals surface area contributed by atoms with Gasteiger partial charge in [0.25, 0.3) is 0 Å². The van der Waals surface area contributed by atoms with Crippen LogP contribution in [-0.4, -0.2) is 81.7 Å². The summed E-state index contributed by atoms with van der Waals surface area (Å²) in [6, 6.07) is 0.710. The molecular weight excluding hydrogens is 477 g/mol. The van der Waals surface area contributed by atoms with Gasteiger partial charge in [-0.1, -0.05) is 6.42 Å². The second kappa shape index (κ2) is 14.8. The van der Waals surface area contributed by atoms with Gasteiger partial charge in [-0.15, -0.1) is 24.0 Å². The average molecular weight is 518 g/mol. The summed E-state index contributed by atoms with van der Waals surface area (Å²) < 4.78 is 24.9. The van der Waals surface area contributed by atoms with Gasteiger partial charge in [0.05, 0.1) is 5.75 Å². The van der Waals surface area contributed by atoms with Gasteiger partial charge < -0.3 is 15.5 Å². The second-order valence-corrected chi connectivity index (χ2v) is 9.36. The van der Waals surface area contributed by atoms with Gasteiger partial charge in [-0.3, -0.25) is 4.99 Å². The van der Waals surface area contributed by atoms with Crippen LogP contribution >= 0.6 is 24.0 Å². The van der Waals surface area contributed by atoms with Crippen LogP contribution in [0.4, 0.5) is 0 Å². The zero-order valence-corrected chi connectivity index (χ0v) is 20.7. The number of hydrogen-bond acceptors (Lipinski definition) is 4. The van der Waals surface area contributed by atoms with Gasteiger partial charge >= 0.3 is 0 Å². The molecule has 0 aliphatic carbocycles.